The molecule has 2 aromatic rings. The molecule has 8 nitrogen and oxygen atoms in total. The van der Waals surface area contributed by atoms with E-state index in [-0.39, 0.29) is 48.2 Å². The monoisotopic (exact) mass is 372 g/mol. The summed E-state index contributed by atoms with van der Waals surface area (Å²) in [5, 5.41) is 28.3. The molecule has 140 valence electrons. The van der Waals surface area contributed by atoms with Crippen molar-refractivity contribution < 1.29 is 39.1 Å². The maximum Gasteiger partial charge on any atom is 0.342 e. The Morgan fingerprint density at radius 2 is 1.70 bits per heavy atom. The Morgan fingerprint density at radius 3 is 2.44 bits per heavy atom. The standard InChI is InChI=1S/C19H16O8/c20-12-3-1-11(2-4-12)17-16(10-27-19(17)24)25-7-8-26-18(23)14-9-13(21)5-6-15(14)22/h1-6,9,20-22H,7-8,10H2. The van der Waals surface area contributed by atoms with Gasteiger partial charge in [0.2, 0.25) is 0 Å². The van der Waals surface area contributed by atoms with Gasteiger partial charge in [-0.3, -0.25) is 0 Å². The first-order chi connectivity index (χ1) is 13.0. The van der Waals surface area contributed by atoms with E-state index in [4.69, 9.17) is 14.2 Å². The van der Waals surface area contributed by atoms with Crippen molar-refractivity contribution in [2.24, 2.45) is 0 Å². The quantitative estimate of drug-likeness (QED) is 0.399. The molecule has 0 bridgehead atoms. The van der Waals surface area contributed by atoms with Crippen molar-refractivity contribution in [2.45, 2.75) is 0 Å². The van der Waals surface area contributed by atoms with E-state index in [2.05, 4.69) is 0 Å². The number of phenols is 3. The highest BCUT2D eigenvalue weighted by molar-refractivity contribution is 6.18. The summed E-state index contributed by atoms with van der Waals surface area (Å²) in [5.74, 6) is -1.50. The summed E-state index contributed by atoms with van der Waals surface area (Å²) < 4.78 is 15.5. The van der Waals surface area contributed by atoms with E-state index < -0.39 is 11.9 Å². The van der Waals surface area contributed by atoms with Crippen LogP contribution in [0.2, 0.25) is 0 Å². The summed E-state index contributed by atoms with van der Waals surface area (Å²) in [6.07, 6.45) is 0. The third-order valence-corrected chi connectivity index (χ3v) is 3.77. The molecular formula is C19H16O8. The SMILES string of the molecule is O=C1OCC(OCCOC(=O)c2cc(O)ccc2O)=C1c1ccc(O)cc1. The maximum absolute atomic E-state index is 11.9. The van der Waals surface area contributed by atoms with E-state index in [0.717, 1.165) is 6.07 Å². The summed E-state index contributed by atoms with van der Waals surface area (Å²) in [5.41, 5.74) is 0.609. The van der Waals surface area contributed by atoms with E-state index >= 15 is 0 Å². The zero-order valence-electron chi connectivity index (χ0n) is 14.0. The average Bonchev–Trinajstić information content (AvgIpc) is 3.02. The zero-order valence-corrected chi connectivity index (χ0v) is 14.0. The van der Waals surface area contributed by atoms with Crippen LogP contribution in [-0.4, -0.2) is 47.1 Å². The molecule has 2 aromatic carbocycles. The normalized spacial score (nSPS) is 13.4. The maximum atomic E-state index is 11.9. The molecule has 0 radical (unpaired) electrons. The van der Waals surface area contributed by atoms with Crippen molar-refractivity contribution in [1.29, 1.82) is 0 Å². The zero-order chi connectivity index (χ0) is 19.4. The second-order valence-corrected chi connectivity index (χ2v) is 5.61. The Labute approximate surface area is 153 Å². The minimum Gasteiger partial charge on any atom is -0.508 e. The molecule has 1 aliphatic heterocycles. The number of ether oxygens (including phenoxy) is 3. The van der Waals surface area contributed by atoms with Crippen LogP contribution in [0.4, 0.5) is 0 Å². The molecule has 0 spiro atoms. The van der Waals surface area contributed by atoms with Gasteiger partial charge < -0.3 is 29.5 Å². The Kier molecular flexibility index (Phi) is 5.16. The molecule has 0 fully saturated rings. The lowest BCUT2D eigenvalue weighted by atomic mass is 10.1. The second-order valence-electron chi connectivity index (χ2n) is 5.61. The fourth-order valence-corrected chi connectivity index (χ4v) is 2.47. The van der Waals surface area contributed by atoms with Crippen LogP contribution in [-0.2, 0) is 19.0 Å². The lowest BCUT2D eigenvalue weighted by Gasteiger charge is -2.09. The number of benzene rings is 2. The number of cyclic esters (lactones) is 1. The van der Waals surface area contributed by atoms with Crippen LogP contribution in [0.1, 0.15) is 15.9 Å². The van der Waals surface area contributed by atoms with Crippen LogP contribution in [0.3, 0.4) is 0 Å². The van der Waals surface area contributed by atoms with Gasteiger partial charge in [-0.1, -0.05) is 12.1 Å². The van der Waals surface area contributed by atoms with Gasteiger partial charge in [0.25, 0.3) is 0 Å². The lowest BCUT2D eigenvalue weighted by molar-refractivity contribution is -0.134. The predicted molar refractivity (Wildman–Crippen MR) is 92.0 cm³/mol. The largest absolute Gasteiger partial charge is 0.508 e. The first kappa shape index (κ1) is 18.1. The third-order valence-electron chi connectivity index (χ3n) is 3.77. The number of carbonyl (C=O) groups excluding carboxylic acids is 2. The van der Waals surface area contributed by atoms with Gasteiger partial charge in [-0.05, 0) is 35.9 Å². The number of rotatable bonds is 6. The first-order valence-electron chi connectivity index (χ1n) is 7.97. The van der Waals surface area contributed by atoms with Crippen LogP contribution < -0.4 is 0 Å². The Balaban J connectivity index is 1.60. The van der Waals surface area contributed by atoms with Gasteiger partial charge in [0.15, 0.2) is 0 Å². The minimum absolute atomic E-state index is 0.0428. The van der Waals surface area contributed by atoms with Gasteiger partial charge in [-0.2, -0.15) is 0 Å². The molecule has 0 saturated carbocycles. The minimum atomic E-state index is -0.821. The summed E-state index contributed by atoms with van der Waals surface area (Å²) in [4.78, 5) is 23.8. The highest BCUT2D eigenvalue weighted by Gasteiger charge is 2.28. The second kappa shape index (κ2) is 7.69. The van der Waals surface area contributed by atoms with Crippen molar-refractivity contribution in [3.63, 3.8) is 0 Å². The summed E-state index contributed by atoms with van der Waals surface area (Å²) >= 11 is 0. The predicted octanol–water partition coefficient (Wildman–Crippen LogP) is 1.94. The molecule has 0 aliphatic carbocycles. The van der Waals surface area contributed by atoms with E-state index in [9.17, 15) is 24.9 Å². The third kappa shape index (κ3) is 4.12. The van der Waals surface area contributed by atoms with Crippen LogP contribution in [0.5, 0.6) is 17.2 Å². The van der Waals surface area contributed by atoms with Crippen molar-refractivity contribution in [3.8, 4) is 17.2 Å². The van der Waals surface area contributed by atoms with Gasteiger partial charge in [-0.25, -0.2) is 9.59 Å². The lowest BCUT2D eigenvalue weighted by Crippen LogP contribution is -2.11. The van der Waals surface area contributed by atoms with Gasteiger partial charge >= 0.3 is 11.9 Å². The first-order valence-corrected chi connectivity index (χ1v) is 7.97. The van der Waals surface area contributed by atoms with Crippen molar-refractivity contribution in [2.75, 3.05) is 19.8 Å². The average molecular weight is 372 g/mol. The summed E-state index contributed by atoms with van der Waals surface area (Å²) in [6, 6.07) is 9.51. The van der Waals surface area contributed by atoms with Gasteiger partial charge in [0, 0.05) is 0 Å². The van der Waals surface area contributed by atoms with Crippen LogP contribution in [0.25, 0.3) is 5.57 Å². The molecule has 3 rings (SSSR count). The highest BCUT2D eigenvalue weighted by Crippen LogP contribution is 2.28. The molecular weight excluding hydrogens is 356 g/mol. The summed E-state index contributed by atoms with van der Waals surface area (Å²) in [6.45, 7) is -0.232. The number of hydrogen-bond acceptors (Lipinski definition) is 8. The van der Waals surface area contributed by atoms with E-state index in [0.29, 0.717) is 11.3 Å². The van der Waals surface area contributed by atoms with E-state index in [1.807, 2.05) is 0 Å². The van der Waals surface area contributed by atoms with Crippen molar-refractivity contribution in [3.05, 3.63) is 59.4 Å². The molecule has 1 heterocycles. The highest BCUT2D eigenvalue weighted by atomic mass is 16.6. The molecule has 3 N–H and O–H groups in total. The van der Waals surface area contributed by atoms with Crippen molar-refractivity contribution >= 4 is 17.5 Å². The Bertz CT molecular complexity index is 898. The molecule has 0 amide bonds. The van der Waals surface area contributed by atoms with Crippen molar-refractivity contribution in [1.82, 2.24) is 0 Å². The van der Waals surface area contributed by atoms with E-state index in [1.165, 1.54) is 24.3 Å². The molecule has 8 heteroatoms. The smallest absolute Gasteiger partial charge is 0.342 e. The fraction of sp³-hybridized carbons (Fsp3) is 0.158. The number of carbonyl (C=O) groups is 2. The van der Waals surface area contributed by atoms with Crippen LogP contribution in [0, 0.1) is 0 Å². The molecule has 0 aromatic heterocycles. The van der Waals surface area contributed by atoms with Crippen LogP contribution in [0.15, 0.2) is 48.2 Å². The molecule has 27 heavy (non-hydrogen) atoms. The number of esters is 2. The number of phenolic OH excluding ortho intramolecular Hbond substituents is 3. The van der Waals surface area contributed by atoms with Crippen LogP contribution >= 0.6 is 0 Å². The summed E-state index contributed by atoms with van der Waals surface area (Å²) in [7, 11) is 0. The van der Waals surface area contributed by atoms with E-state index in [1.54, 1.807) is 12.1 Å². The van der Waals surface area contributed by atoms with Gasteiger partial charge in [0.05, 0.1) is 0 Å². The van der Waals surface area contributed by atoms with Gasteiger partial charge in [-0.15, -0.1) is 0 Å². The topological polar surface area (TPSA) is 123 Å². The number of hydrogen-bond donors (Lipinski definition) is 3. The Hall–Kier alpha value is -3.68. The molecule has 0 saturated heterocycles. The fourth-order valence-electron chi connectivity index (χ4n) is 2.47. The molecule has 1 aliphatic rings. The molecule has 0 atom stereocenters. The Morgan fingerprint density at radius 1 is 1.00 bits per heavy atom. The van der Waals surface area contributed by atoms with Gasteiger partial charge in [0.1, 0.15) is 54.0 Å². The number of aromatic hydroxyl groups is 3. The molecule has 0 unspecified atom stereocenters.